The number of nitrogens with two attached hydrogens (primary N) is 1. The molecule has 66 valence electrons. The third-order valence-electron chi connectivity index (χ3n) is 2.09. The maximum atomic E-state index is 5.56. The second kappa shape index (κ2) is 3.49. The van der Waals surface area contributed by atoms with E-state index in [1.165, 1.54) is 5.57 Å². The fraction of sp³-hybridized carbons (Fsp3) is 0.200. The minimum Gasteiger partial charge on any atom is -0.327 e. The summed E-state index contributed by atoms with van der Waals surface area (Å²) < 4.78 is 0. The standard InChI is InChI=1S/C10H11N3/c11-6-8-1-2-9-7-12-3-4-13-10(9)5-8/h1-4,7H,5-6,11H2. The molecule has 0 fully saturated rings. The van der Waals surface area contributed by atoms with Crippen LogP contribution in [0.2, 0.25) is 0 Å². The van der Waals surface area contributed by atoms with Gasteiger partial charge in [-0.05, 0) is 0 Å². The lowest BCUT2D eigenvalue weighted by Gasteiger charge is -2.11. The lowest BCUT2D eigenvalue weighted by molar-refractivity contribution is 1.08. The molecule has 2 N–H and O–H groups in total. The molecule has 3 heteroatoms. The molecular formula is C10H11N3. The minimum atomic E-state index is 0.601. The molecule has 13 heavy (non-hydrogen) atoms. The highest BCUT2D eigenvalue weighted by atomic mass is 14.8. The zero-order valence-electron chi connectivity index (χ0n) is 7.27. The van der Waals surface area contributed by atoms with Crippen molar-refractivity contribution >= 4 is 11.9 Å². The van der Waals surface area contributed by atoms with Crippen LogP contribution in [0.15, 0.2) is 45.7 Å². The third-order valence-corrected chi connectivity index (χ3v) is 2.09. The van der Waals surface area contributed by atoms with Gasteiger partial charge in [0.25, 0.3) is 0 Å². The predicted octanol–water partition coefficient (Wildman–Crippen LogP) is 1.20. The van der Waals surface area contributed by atoms with Crippen molar-refractivity contribution in [3.63, 3.8) is 0 Å². The molecule has 0 atom stereocenters. The Bertz CT molecular complexity index is 356. The van der Waals surface area contributed by atoms with Crippen molar-refractivity contribution in [1.82, 2.24) is 0 Å². The first-order chi connectivity index (χ1) is 6.40. The SMILES string of the molecule is NCC1=CC=C2C=NC=CN=C2C1. The lowest BCUT2D eigenvalue weighted by Crippen LogP contribution is -2.14. The van der Waals surface area contributed by atoms with Crippen molar-refractivity contribution < 1.29 is 0 Å². The summed E-state index contributed by atoms with van der Waals surface area (Å²) in [4.78, 5) is 8.35. The van der Waals surface area contributed by atoms with Crippen LogP contribution < -0.4 is 5.73 Å². The van der Waals surface area contributed by atoms with Crippen molar-refractivity contribution in [2.75, 3.05) is 6.54 Å². The molecule has 0 spiro atoms. The Balaban J connectivity index is 2.35. The maximum absolute atomic E-state index is 5.56. The van der Waals surface area contributed by atoms with Gasteiger partial charge in [0.15, 0.2) is 0 Å². The summed E-state index contributed by atoms with van der Waals surface area (Å²) in [7, 11) is 0. The van der Waals surface area contributed by atoms with Crippen LogP contribution in [0.5, 0.6) is 0 Å². The van der Waals surface area contributed by atoms with E-state index in [0.29, 0.717) is 6.54 Å². The van der Waals surface area contributed by atoms with Gasteiger partial charge in [0, 0.05) is 37.2 Å². The summed E-state index contributed by atoms with van der Waals surface area (Å²) in [5.74, 6) is 0. The Hall–Kier alpha value is -1.48. The van der Waals surface area contributed by atoms with Crippen molar-refractivity contribution in [2.24, 2.45) is 15.7 Å². The number of allylic oxidation sites excluding steroid dienone is 3. The smallest absolute Gasteiger partial charge is 0.0532 e. The second-order valence-electron chi connectivity index (χ2n) is 2.98. The minimum absolute atomic E-state index is 0.601. The molecule has 2 rings (SSSR count). The van der Waals surface area contributed by atoms with Gasteiger partial charge < -0.3 is 5.73 Å². The Morgan fingerprint density at radius 1 is 1.31 bits per heavy atom. The van der Waals surface area contributed by atoms with Gasteiger partial charge in [-0.1, -0.05) is 17.7 Å². The van der Waals surface area contributed by atoms with Crippen LogP contribution in [-0.4, -0.2) is 18.5 Å². The van der Waals surface area contributed by atoms with E-state index in [9.17, 15) is 0 Å². The normalized spacial score (nSPS) is 19.9. The number of fused-ring (bicyclic) bond motifs is 1. The van der Waals surface area contributed by atoms with E-state index in [1.54, 1.807) is 12.4 Å². The summed E-state index contributed by atoms with van der Waals surface area (Å²) in [6, 6.07) is 0. The molecule has 1 heterocycles. The summed E-state index contributed by atoms with van der Waals surface area (Å²) in [6.45, 7) is 0.601. The highest BCUT2D eigenvalue weighted by molar-refractivity contribution is 6.18. The fourth-order valence-electron chi connectivity index (χ4n) is 1.34. The summed E-state index contributed by atoms with van der Waals surface area (Å²) in [5, 5.41) is 0. The van der Waals surface area contributed by atoms with E-state index < -0.39 is 0 Å². The fourth-order valence-corrected chi connectivity index (χ4v) is 1.34. The Morgan fingerprint density at radius 3 is 3.08 bits per heavy atom. The summed E-state index contributed by atoms with van der Waals surface area (Å²) in [5.41, 5.74) is 8.92. The molecule has 1 aliphatic heterocycles. The van der Waals surface area contributed by atoms with Crippen LogP contribution >= 0.6 is 0 Å². The quantitative estimate of drug-likeness (QED) is 0.636. The van der Waals surface area contributed by atoms with Gasteiger partial charge in [-0.25, -0.2) is 0 Å². The topological polar surface area (TPSA) is 50.7 Å². The van der Waals surface area contributed by atoms with Crippen molar-refractivity contribution in [1.29, 1.82) is 0 Å². The van der Waals surface area contributed by atoms with E-state index in [2.05, 4.69) is 9.98 Å². The van der Waals surface area contributed by atoms with Gasteiger partial charge >= 0.3 is 0 Å². The molecular weight excluding hydrogens is 162 g/mol. The Kier molecular flexibility index (Phi) is 2.19. The van der Waals surface area contributed by atoms with Crippen molar-refractivity contribution in [3.8, 4) is 0 Å². The molecule has 0 aromatic rings. The second-order valence-corrected chi connectivity index (χ2v) is 2.98. The first kappa shape index (κ1) is 8.13. The van der Waals surface area contributed by atoms with E-state index in [4.69, 9.17) is 5.73 Å². The molecule has 0 amide bonds. The van der Waals surface area contributed by atoms with Crippen LogP contribution in [0, 0.1) is 0 Å². The Morgan fingerprint density at radius 2 is 2.23 bits per heavy atom. The molecule has 0 bridgehead atoms. The van der Waals surface area contributed by atoms with Gasteiger partial charge in [0.1, 0.15) is 0 Å². The Labute approximate surface area is 77.1 Å². The van der Waals surface area contributed by atoms with Crippen molar-refractivity contribution in [3.05, 3.63) is 35.7 Å². The highest BCUT2D eigenvalue weighted by Crippen LogP contribution is 2.15. The zero-order valence-corrected chi connectivity index (χ0v) is 7.27. The molecule has 3 nitrogen and oxygen atoms in total. The zero-order chi connectivity index (χ0) is 9.10. The first-order valence-electron chi connectivity index (χ1n) is 4.25. The molecule has 1 aliphatic carbocycles. The number of nitrogens with zero attached hydrogens (tertiary/aromatic N) is 2. The van der Waals surface area contributed by atoms with E-state index in [-0.39, 0.29) is 0 Å². The van der Waals surface area contributed by atoms with Gasteiger partial charge in [-0.2, -0.15) is 0 Å². The van der Waals surface area contributed by atoms with Crippen LogP contribution in [0.25, 0.3) is 0 Å². The number of hydrogen-bond acceptors (Lipinski definition) is 3. The summed E-state index contributed by atoms with van der Waals surface area (Å²) >= 11 is 0. The van der Waals surface area contributed by atoms with Crippen LogP contribution in [-0.2, 0) is 0 Å². The lowest BCUT2D eigenvalue weighted by atomic mass is 9.97. The number of hydrogen-bond donors (Lipinski definition) is 1. The van der Waals surface area contributed by atoms with Crippen LogP contribution in [0.4, 0.5) is 0 Å². The average molecular weight is 173 g/mol. The van der Waals surface area contributed by atoms with Gasteiger partial charge in [-0.15, -0.1) is 0 Å². The van der Waals surface area contributed by atoms with Gasteiger partial charge in [0.2, 0.25) is 0 Å². The van der Waals surface area contributed by atoms with Gasteiger partial charge in [0.05, 0.1) is 5.71 Å². The molecule has 0 radical (unpaired) electrons. The predicted molar refractivity (Wildman–Crippen MR) is 54.9 cm³/mol. The van der Waals surface area contributed by atoms with Gasteiger partial charge in [-0.3, -0.25) is 9.98 Å². The largest absolute Gasteiger partial charge is 0.327 e. The molecule has 0 aromatic heterocycles. The maximum Gasteiger partial charge on any atom is 0.0532 e. The molecule has 2 aliphatic rings. The van der Waals surface area contributed by atoms with E-state index >= 15 is 0 Å². The number of rotatable bonds is 1. The van der Waals surface area contributed by atoms with Crippen molar-refractivity contribution in [2.45, 2.75) is 6.42 Å². The third kappa shape index (κ3) is 1.65. The van der Waals surface area contributed by atoms with Crippen LogP contribution in [0.3, 0.4) is 0 Å². The highest BCUT2D eigenvalue weighted by Gasteiger charge is 2.11. The van der Waals surface area contributed by atoms with E-state index in [0.717, 1.165) is 17.7 Å². The molecule has 0 unspecified atom stereocenters. The molecule has 0 aromatic carbocycles. The molecule has 0 saturated carbocycles. The van der Waals surface area contributed by atoms with E-state index in [1.807, 2.05) is 18.4 Å². The monoisotopic (exact) mass is 173 g/mol. The number of aliphatic imine (C=N–C) groups is 2. The molecule has 0 saturated heterocycles. The average Bonchev–Trinajstić information content (AvgIpc) is 2.41. The van der Waals surface area contributed by atoms with Crippen LogP contribution in [0.1, 0.15) is 6.42 Å². The summed E-state index contributed by atoms with van der Waals surface area (Å²) in [6.07, 6.45) is 10.1. The first-order valence-corrected chi connectivity index (χ1v) is 4.25.